The van der Waals surface area contributed by atoms with E-state index in [9.17, 15) is 9.59 Å². The second kappa shape index (κ2) is 8.32. The summed E-state index contributed by atoms with van der Waals surface area (Å²) in [6.45, 7) is 6.79. The lowest BCUT2D eigenvalue weighted by Gasteiger charge is -2.17. The van der Waals surface area contributed by atoms with Crippen LogP contribution in [0.2, 0.25) is 0 Å². The average Bonchev–Trinajstić information content (AvgIpc) is 2.48. The second-order valence-electron chi connectivity index (χ2n) is 4.39. The Morgan fingerprint density at radius 2 is 1.75 bits per heavy atom. The monoisotopic (exact) mass is 278 g/mol. The Kier molecular flexibility index (Phi) is 6.73. The van der Waals surface area contributed by atoms with Crippen LogP contribution in [0.5, 0.6) is 0 Å². The Balaban J connectivity index is 2.48. The first-order valence-electron chi connectivity index (χ1n) is 6.81. The molecular formula is C15H22N2O3. The van der Waals surface area contributed by atoms with Gasteiger partial charge in [-0.1, -0.05) is 13.8 Å². The third-order valence-corrected chi connectivity index (χ3v) is 3.14. The van der Waals surface area contributed by atoms with Crippen molar-refractivity contribution >= 4 is 17.6 Å². The molecule has 110 valence electrons. The molecule has 0 bridgehead atoms. The number of methoxy groups -OCH3 is 1. The molecule has 5 nitrogen and oxygen atoms in total. The molecule has 0 spiro atoms. The average molecular weight is 278 g/mol. The summed E-state index contributed by atoms with van der Waals surface area (Å²) in [7, 11) is 1.34. The van der Waals surface area contributed by atoms with Gasteiger partial charge in [-0.3, -0.25) is 4.79 Å². The highest BCUT2D eigenvalue weighted by Crippen LogP contribution is 2.10. The Morgan fingerprint density at radius 1 is 1.15 bits per heavy atom. The Hall–Kier alpha value is -1.88. The summed E-state index contributed by atoms with van der Waals surface area (Å²) in [4.78, 5) is 25.3. The van der Waals surface area contributed by atoms with E-state index in [4.69, 9.17) is 0 Å². The van der Waals surface area contributed by atoms with E-state index in [2.05, 4.69) is 28.8 Å². The maximum Gasteiger partial charge on any atom is 0.337 e. The van der Waals surface area contributed by atoms with Gasteiger partial charge < -0.3 is 15.0 Å². The Labute approximate surface area is 119 Å². The van der Waals surface area contributed by atoms with E-state index < -0.39 is 0 Å². The normalized spacial score (nSPS) is 10.4. The molecule has 0 fully saturated rings. The van der Waals surface area contributed by atoms with Crippen molar-refractivity contribution in [1.29, 1.82) is 0 Å². The molecule has 0 heterocycles. The van der Waals surface area contributed by atoms with Gasteiger partial charge in [-0.05, 0) is 37.4 Å². The van der Waals surface area contributed by atoms with Crippen LogP contribution in [0, 0.1) is 0 Å². The molecule has 20 heavy (non-hydrogen) atoms. The molecule has 0 radical (unpaired) electrons. The van der Waals surface area contributed by atoms with Crippen molar-refractivity contribution in [2.75, 3.05) is 32.1 Å². The summed E-state index contributed by atoms with van der Waals surface area (Å²) in [5.41, 5.74) is 1.15. The zero-order valence-corrected chi connectivity index (χ0v) is 12.3. The summed E-state index contributed by atoms with van der Waals surface area (Å²) in [5, 5.41) is 2.81. The standard InChI is InChI=1S/C15H22N2O3/c1-4-17(5-2)11-10-14(18)16-13-8-6-12(7-9-13)15(19)20-3/h6-9H,4-5,10-11H2,1-3H3,(H,16,18). The van der Waals surface area contributed by atoms with Crippen molar-refractivity contribution in [1.82, 2.24) is 4.90 Å². The molecule has 1 N–H and O–H groups in total. The molecule has 0 saturated carbocycles. The molecule has 1 rings (SSSR count). The number of hydrogen-bond donors (Lipinski definition) is 1. The highest BCUT2D eigenvalue weighted by Gasteiger charge is 2.07. The van der Waals surface area contributed by atoms with Gasteiger partial charge in [0.2, 0.25) is 5.91 Å². The van der Waals surface area contributed by atoms with Crippen molar-refractivity contribution < 1.29 is 14.3 Å². The quantitative estimate of drug-likeness (QED) is 0.776. The van der Waals surface area contributed by atoms with Crippen LogP contribution in [0.15, 0.2) is 24.3 Å². The molecule has 1 aromatic carbocycles. The van der Waals surface area contributed by atoms with Gasteiger partial charge in [0.25, 0.3) is 0 Å². The zero-order chi connectivity index (χ0) is 15.0. The number of nitrogens with zero attached hydrogens (tertiary/aromatic N) is 1. The maximum absolute atomic E-state index is 11.8. The van der Waals surface area contributed by atoms with Crippen LogP contribution in [0.1, 0.15) is 30.6 Å². The van der Waals surface area contributed by atoms with Gasteiger partial charge in [0, 0.05) is 18.7 Å². The summed E-state index contributed by atoms with van der Waals surface area (Å²) >= 11 is 0. The fraction of sp³-hybridized carbons (Fsp3) is 0.467. The third kappa shape index (κ3) is 5.01. The minimum atomic E-state index is -0.385. The van der Waals surface area contributed by atoms with Crippen LogP contribution >= 0.6 is 0 Å². The van der Waals surface area contributed by atoms with Crippen molar-refractivity contribution in [2.45, 2.75) is 20.3 Å². The van der Waals surface area contributed by atoms with E-state index in [1.807, 2.05) is 0 Å². The van der Waals surface area contributed by atoms with Gasteiger partial charge in [0.15, 0.2) is 0 Å². The van der Waals surface area contributed by atoms with Gasteiger partial charge >= 0.3 is 5.97 Å². The van der Waals surface area contributed by atoms with Crippen LogP contribution in [-0.2, 0) is 9.53 Å². The topological polar surface area (TPSA) is 58.6 Å². The number of nitrogens with one attached hydrogen (secondary N) is 1. The fourth-order valence-corrected chi connectivity index (χ4v) is 1.83. The summed E-state index contributed by atoms with van der Waals surface area (Å²) < 4.78 is 4.62. The van der Waals surface area contributed by atoms with E-state index in [1.54, 1.807) is 24.3 Å². The largest absolute Gasteiger partial charge is 0.465 e. The SMILES string of the molecule is CCN(CC)CCC(=O)Nc1ccc(C(=O)OC)cc1. The van der Waals surface area contributed by atoms with Crippen LogP contribution in [0.4, 0.5) is 5.69 Å². The van der Waals surface area contributed by atoms with Crippen LogP contribution < -0.4 is 5.32 Å². The van der Waals surface area contributed by atoms with Crippen molar-refractivity contribution in [3.8, 4) is 0 Å². The lowest BCUT2D eigenvalue weighted by atomic mass is 10.2. The van der Waals surface area contributed by atoms with Gasteiger partial charge in [-0.25, -0.2) is 4.79 Å². The van der Waals surface area contributed by atoms with Gasteiger partial charge in [-0.2, -0.15) is 0 Å². The summed E-state index contributed by atoms with van der Waals surface area (Å²) in [6.07, 6.45) is 0.459. The van der Waals surface area contributed by atoms with Gasteiger partial charge in [0.05, 0.1) is 12.7 Å². The molecule has 0 atom stereocenters. The molecule has 5 heteroatoms. The number of amides is 1. The zero-order valence-electron chi connectivity index (χ0n) is 12.3. The van der Waals surface area contributed by atoms with E-state index in [1.165, 1.54) is 7.11 Å². The molecule has 0 aliphatic rings. The summed E-state index contributed by atoms with van der Waals surface area (Å²) in [5.74, 6) is -0.410. The predicted octanol–water partition coefficient (Wildman–Crippen LogP) is 2.14. The first kappa shape index (κ1) is 16.2. The lowest BCUT2D eigenvalue weighted by molar-refractivity contribution is -0.116. The number of esters is 1. The Morgan fingerprint density at radius 3 is 2.25 bits per heavy atom. The number of ether oxygens (including phenoxy) is 1. The maximum atomic E-state index is 11.8. The number of carbonyl (C=O) groups is 2. The van der Waals surface area contributed by atoms with Crippen molar-refractivity contribution in [3.05, 3.63) is 29.8 Å². The molecule has 1 amide bonds. The van der Waals surface area contributed by atoms with Crippen molar-refractivity contribution in [3.63, 3.8) is 0 Å². The van der Waals surface area contributed by atoms with E-state index in [0.29, 0.717) is 17.7 Å². The first-order chi connectivity index (χ1) is 9.60. The van der Waals surface area contributed by atoms with Crippen LogP contribution in [0.25, 0.3) is 0 Å². The first-order valence-corrected chi connectivity index (χ1v) is 6.81. The highest BCUT2D eigenvalue weighted by molar-refractivity contribution is 5.93. The number of benzene rings is 1. The number of hydrogen-bond acceptors (Lipinski definition) is 4. The van der Waals surface area contributed by atoms with Crippen LogP contribution in [0.3, 0.4) is 0 Å². The highest BCUT2D eigenvalue weighted by atomic mass is 16.5. The summed E-state index contributed by atoms with van der Waals surface area (Å²) in [6, 6.07) is 6.65. The minimum Gasteiger partial charge on any atom is -0.465 e. The number of rotatable bonds is 7. The van der Waals surface area contributed by atoms with E-state index in [0.717, 1.165) is 19.6 Å². The van der Waals surface area contributed by atoms with Crippen molar-refractivity contribution in [2.24, 2.45) is 0 Å². The molecule has 1 aromatic rings. The molecule has 0 aromatic heterocycles. The number of anilines is 1. The lowest BCUT2D eigenvalue weighted by Crippen LogP contribution is -2.27. The molecule has 0 saturated heterocycles. The second-order valence-corrected chi connectivity index (χ2v) is 4.39. The van der Waals surface area contributed by atoms with Crippen LogP contribution in [-0.4, -0.2) is 43.5 Å². The molecular weight excluding hydrogens is 256 g/mol. The molecule has 0 aliphatic heterocycles. The Bertz CT molecular complexity index is 439. The van der Waals surface area contributed by atoms with E-state index >= 15 is 0 Å². The smallest absolute Gasteiger partial charge is 0.337 e. The minimum absolute atomic E-state index is 0.0253. The molecule has 0 aliphatic carbocycles. The van der Waals surface area contributed by atoms with E-state index in [-0.39, 0.29) is 11.9 Å². The molecule has 0 unspecified atom stereocenters. The predicted molar refractivity (Wildman–Crippen MR) is 78.8 cm³/mol. The van der Waals surface area contributed by atoms with Gasteiger partial charge in [0.1, 0.15) is 0 Å². The van der Waals surface area contributed by atoms with Gasteiger partial charge in [-0.15, -0.1) is 0 Å². The third-order valence-electron chi connectivity index (χ3n) is 3.14. The number of carbonyl (C=O) groups excluding carboxylic acids is 2. The fourth-order valence-electron chi connectivity index (χ4n) is 1.83.